The zero-order valence-corrected chi connectivity index (χ0v) is 11.0. The second kappa shape index (κ2) is 5.74. The third-order valence-electron chi connectivity index (χ3n) is 2.72. The van der Waals surface area contributed by atoms with Crippen molar-refractivity contribution in [2.75, 3.05) is 13.7 Å². The topological polar surface area (TPSA) is 27.7 Å². The van der Waals surface area contributed by atoms with E-state index in [2.05, 4.69) is 0 Å². The van der Waals surface area contributed by atoms with Gasteiger partial charge >= 0.3 is 0 Å². The van der Waals surface area contributed by atoms with Crippen molar-refractivity contribution in [1.82, 2.24) is 0 Å². The van der Waals surface area contributed by atoms with Gasteiger partial charge in [-0.2, -0.15) is 0 Å². The maximum atomic E-state index is 5.67. The lowest BCUT2D eigenvalue weighted by Crippen LogP contribution is -2.15. The standard InChI is InChI=1S/C15H18O3/c1-4-17-11(2)18-15-8-6-12-5-7-14(16-3)9-13(12)10-15/h5-11H,4H2,1-3H3. The van der Waals surface area contributed by atoms with E-state index in [1.165, 1.54) is 0 Å². The molecular formula is C15H18O3. The smallest absolute Gasteiger partial charge is 0.196 e. The highest BCUT2D eigenvalue weighted by molar-refractivity contribution is 5.85. The molecule has 2 aromatic rings. The maximum absolute atomic E-state index is 5.67. The van der Waals surface area contributed by atoms with Crippen molar-refractivity contribution in [1.29, 1.82) is 0 Å². The van der Waals surface area contributed by atoms with Crippen LogP contribution in [0.2, 0.25) is 0 Å². The minimum Gasteiger partial charge on any atom is -0.497 e. The molecule has 0 bridgehead atoms. The minimum absolute atomic E-state index is 0.238. The fourth-order valence-corrected chi connectivity index (χ4v) is 1.86. The predicted molar refractivity (Wildman–Crippen MR) is 72.2 cm³/mol. The number of benzene rings is 2. The Bertz CT molecular complexity index is 522. The van der Waals surface area contributed by atoms with E-state index < -0.39 is 0 Å². The van der Waals surface area contributed by atoms with Gasteiger partial charge in [0.25, 0.3) is 0 Å². The molecule has 0 amide bonds. The van der Waals surface area contributed by atoms with Gasteiger partial charge in [0.1, 0.15) is 11.5 Å². The molecule has 96 valence electrons. The number of methoxy groups -OCH3 is 1. The summed E-state index contributed by atoms with van der Waals surface area (Å²) in [6.07, 6.45) is -0.238. The highest BCUT2D eigenvalue weighted by Crippen LogP contribution is 2.25. The van der Waals surface area contributed by atoms with Crippen molar-refractivity contribution < 1.29 is 14.2 Å². The van der Waals surface area contributed by atoms with Crippen LogP contribution >= 0.6 is 0 Å². The van der Waals surface area contributed by atoms with Crippen molar-refractivity contribution in [3.8, 4) is 11.5 Å². The third-order valence-corrected chi connectivity index (χ3v) is 2.72. The molecule has 1 unspecified atom stereocenters. The van der Waals surface area contributed by atoms with Gasteiger partial charge in [-0.05, 0) is 48.9 Å². The van der Waals surface area contributed by atoms with Gasteiger partial charge in [0.15, 0.2) is 6.29 Å². The molecule has 2 rings (SSSR count). The van der Waals surface area contributed by atoms with E-state index in [-0.39, 0.29) is 6.29 Å². The van der Waals surface area contributed by atoms with Gasteiger partial charge in [-0.3, -0.25) is 0 Å². The molecule has 0 N–H and O–H groups in total. The molecule has 3 heteroatoms. The monoisotopic (exact) mass is 246 g/mol. The van der Waals surface area contributed by atoms with E-state index in [9.17, 15) is 0 Å². The average Bonchev–Trinajstić information content (AvgIpc) is 2.38. The first-order chi connectivity index (χ1) is 8.72. The molecule has 2 aromatic carbocycles. The normalized spacial score (nSPS) is 12.4. The van der Waals surface area contributed by atoms with Crippen LogP contribution in [0.5, 0.6) is 11.5 Å². The van der Waals surface area contributed by atoms with Crippen LogP contribution in [0.3, 0.4) is 0 Å². The van der Waals surface area contributed by atoms with Crippen LogP contribution < -0.4 is 9.47 Å². The Hall–Kier alpha value is -1.74. The number of rotatable bonds is 5. The second-order valence-corrected chi connectivity index (χ2v) is 4.02. The third kappa shape index (κ3) is 2.93. The fourth-order valence-electron chi connectivity index (χ4n) is 1.86. The lowest BCUT2D eigenvalue weighted by atomic mass is 10.1. The van der Waals surface area contributed by atoms with Gasteiger partial charge in [-0.15, -0.1) is 0 Å². The molecule has 0 aromatic heterocycles. The van der Waals surface area contributed by atoms with Crippen molar-refractivity contribution >= 4 is 10.8 Å². The molecular weight excluding hydrogens is 228 g/mol. The molecule has 0 saturated heterocycles. The molecule has 0 aliphatic heterocycles. The zero-order chi connectivity index (χ0) is 13.0. The molecule has 3 nitrogen and oxygen atoms in total. The first-order valence-corrected chi connectivity index (χ1v) is 6.09. The summed E-state index contributed by atoms with van der Waals surface area (Å²) in [5.74, 6) is 1.65. The second-order valence-electron chi connectivity index (χ2n) is 4.02. The van der Waals surface area contributed by atoms with E-state index in [0.29, 0.717) is 6.61 Å². The molecule has 18 heavy (non-hydrogen) atoms. The summed E-state index contributed by atoms with van der Waals surface area (Å²) in [7, 11) is 1.67. The Morgan fingerprint density at radius 3 is 2.33 bits per heavy atom. The van der Waals surface area contributed by atoms with Gasteiger partial charge in [0.05, 0.1) is 7.11 Å². The van der Waals surface area contributed by atoms with E-state index in [1.54, 1.807) is 7.11 Å². The maximum Gasteiger partial charge on any atom is 0.196 e. The number of hydrogen-bond acceptors (Lipinski definition) is 3. The van der Waals surface area contributed by atoms with Crippen molar-refractivity contribution in [2.24, 2.45) is 0 Å². The largest absolute Gasteiger partial charge is 0.497 e. The van der Waals surface area contributed by atoms with E-state index in [1.807, 2.05) is 50.2 Å². The first kappa shape index (κ1) is 12.7. The van der Waals surface area contributed by atoms with E-state index in [0.717, 1.165) is 22.3 Å². The van der Waals surface area contributed by atoms with Crippen LogP contribution in [0.15, 0.2) is 36.4 Å². The molecule has 0 spiro atoms. The molecule has 0 heterocycles. The quantitative estimate of drug-likeness (QED) is 0.754. The summed E-state index contributed by atoms with van der Waals surface area (Å²) in [5, 5.41) is 2.25. The summed E-state index contributed by atoms with van der Waals surface area (Å²) in [4.78, 5) is 0. The lowest BCUT2D eigenvalue weighted by molar-refractivity contribution is -0.0612. The Kier molecular flexibility index (Phi) is 4.05. The summed E-state index contributed by atoms with van der Waals surface area (Å²) in [5.41, 5.74) is 0. The summed E-state index contributed by atoms with van der Waals surface area (Å²) in [6, 6.07) is 11.9. The number of ether oxygens (including phenoxy) is 3. The summed E-state index contributed by atoms with van der Waals surface area (Å²) < 4.78 is 16.2. The average molecular weight is 246 g/mol. The SMILES string of the molecule is CCOC(C)Oc1ccc2ccc(OC)cc2c1. The number of hydrogen-bond donors (Lipinski definition) is 0. The molecule has 0 aliphatic carbocycles. The van der Waals surface area contributed by atoms with Gasteiger partial charge in [-0.1, -0.05) is 12.1 Å². The first-order valence-electron chi connectivity index (χ1n) is 6.09. The van der Waals surface area contributed by atoms with E-state index in [4.69, 9.17) is 14.2 Å². The minimum atomic E-state index is -0.238. The van der Waals surface area contributed by atoms with Crippen LogP contribution in [0, 0.1) is 0 Å². The van der Waals surface area contributed by atoms with Gasteiger partial charge < -0.3 is 14.2 Å². The van der Waals surface area contributed by atoms with Crippen molar-refractivity contribution in [2.45, 2.75) is 20.1 Å². The zero-order valence-electron chi connectivity index (χ0n) is 11.0. The highest BCUT2D eigenvalue weighted by atomic mass is 16.7. The predicted octanol–water partition coefficient (Wildman–Crippen LogP) is 3.61. The molecule has 0 aliphatic rings. The molecule has 1 atom stereocenters. The summed E-state index contributed by atoms with van der Waals surface area (Å²) in [6.45, 7) is 4.48. The van der Waals surface area contributed by atoms with Crippen molar-refractivity contribution in [3.63, 3.8) is 0 Å². The Morgan fingerprint density at radius 1 is 1.00 bits per heavy atom. The number of fused-ring (bicyclic) bond motifs is 1. The lowest BCUT2D eigenvalue weighted by Gasteiger charge is -2.14. The van der Waals surface area contributed by atoms with Crippen LogP contribution in [-0.2, 0) is 4.74 Å². The van der Waals surface area contributed by atoms with Gasteiger partial charge in [0, 0.05) is 6.61 Å². The Morgan fingerprint density at radius 2 is 1.67 bits per heavy atom. The molecule has 0 fully saturated rings. The Balaban J connectivity index is 2.25. The van der Waals surface area contributed by atoms with Crippen LogP contribution in [0.25, 0.3) is 10.8 Å². The van der Waals surface area contributed by atoms with E-state index >= 15 is 0 Å². The highest BCUT2D eigenvalue weighted by Gasteiger charge is 2.04. The van der Waals surface area contributed by atoms with Gasteiger partial charge in [0.2, 0.25) is 0 Å². The molecule has 0 saturated carbocycles. The van der Waals surface area contributed by atoms with Crippen LogP contribution in [0.4, 0.5) is 0 Å². The summed E-state index contributed by atoms with van der Waals surface area (Å²) >= 11 is 0. The molecule has 0 radical (unpaired) electrons. The van der Waals surface area contributed by atoms with Gasteiger partial charge in [-0.25, -0.2) is 0 Å². The Labute approximate surface area is 107 Å². The van der Waals surface area contributed by atoms with Crippen LogP contribution in [0.1, 0.15) is 13.8 Å². The van der Waals surface area contributed by atoms with Crippen molar-refractivity contribution in [3.05, 3.63) is 36.4 Å². The fraction of sp³-hybridized carbons (Fsp3) is 0.333. The van der Waals surface area contributed by atoms with Crippen LogP contribution in [-0.4, -0.2) is 20.0 Å².